The lowest BCUT2D eigenvalue weighted by molar-refractivity contribution is -0.194. The molecule has 1 unspecified atom stereocenters. The van der Waals surface area contributed by atoms with E-state index in [0.717, 1.165) is 11.5 Å². The summed E-state index contributed by atoms with van der Waals surface area (Å²) in [5, 5.41) is 19.1. The highest BCUT2D eigenvalue weighted by Crippen LogP contribution is 2.26. The van der Waals surface area contributed by atoms with E-state index >= 15 is 0 Å². The minimum atomic E-state index is -1.24. The molecule has 0 heterocycles. The normalized spacial score (nSPS) is 17.9. The van der Waals surface area contributed by atoms with Crippen molar-refractivity contribution in [3.63, 3.8) is 0 Å². The van der Waals surface area contributed by atoms with E-state index in [4.69, 9.17) is 10.8 Å². The number of carbonyl (C=O) groups is 1. The van der Waals surface area contributed by atoms with E-state index in [1.165, 1.54) is 14.0 Å². The minimum absolute atomic E-state index is 0.154. The van der Waals surface area contributed by atoms with Crippen LogP contribution >= 0.6 is 0 Å². The molecule has 0 rings (SSSR count). The Hall–Kier alpha value is -0.650. The molecule has 0 spiro atoms. The molecule has 84 valence electrons. The zero-order chi connectivity index (χ0) is 11.4. The Labute approximate surface area is 84.5 Å². The van der Waals surface area contributed by atoms with Gasteiger partial charge in [-0.2, -0.15) is 5.06 Å². The zero-order valence-electron chi connectivity index (χ0n) is 9.03. The van der Waals surface area contributed by atoms with Gasteiger partial charge in [0.25, 0.3) is 0 Å². The number of rotatable bonds is 6. The maximum atomic E-state index is 11.0. The number of carboxylic acid groups (broad SMARTS) is 1. The van der Waals surface area contributed by atoms with Gasteiger partial charge in [0.15, 0.2) is 0 Å². The molecule has 0 aromatic rings. The first-order chi connectivity index (χ1) is 6.37. The summed E-state index contributed by atoms with van der Waals surface area (Å²) in [5.41, 5.74) is 4.11. The standard InChI is InChI=1S/C9H20N2O3/c1-7(5-4-6-10)9(2,8(12)13)11(3)14/h7,14H,4-6,10H2,1-3H3,(H,12,13)/t7?,9-/m0/s1. The average molecular weight is 204 g/mol. The van der Waals surface area contributed by atoms with E-state index in [1.54, 1.807) is 6.92 Å². The van der Waals surface area contributed by atoms with Crippen molar-refractivity contribution in [3.05, 3.63) is 0 Å². The molecule has 0 saturated heterocycles. The Bertz CT molecular complexity index is 196. The molecule has 5 nitrogen and oxygen atoms in total. The highest BCUT2D eigenvalue weighted by Gasteiger charge is 2.42. The molecule has 0 aliphatic rings. The number of hydroxylamine groups is 2. The van der Waals surface area contributed by atoms with E-state index < -0.39 is 11.5 Å². The van der Waals surface area contributed by atoms with Crippen molar-refractivity contribution in [2.75, 3.05) is 13.6 Å². The van der Waals surface area contributed by atoms with Gasteiger partial charge in [0.2, 0.25) is 0 Å². The molecule has 0 radical (unpaired) electrons. The second kappa shape index (κ2) is 5.29. The van der Waals surface area contributed by atoms with Crippen LogP contribution in [0, 0.1) is 5.92 Å². The molecule has 4 N–H and O–H groups in total. The van der Waals surface area contributed by atoms with Crippen molar-refractivity contribution >= 4 is 5.97 Å². The molecule has 14 heavy (non-hydrogen) atoms. The van der Waals surface area contributed by atoms with Crippen LogP contribution in [0.15, 0.2) is 0 Å². The van der Waals surface area contributed by atoms with Crippen molar-refractivity contribution in [2.45, 2.75) is 32.2 Å². The lowest BCUT2D eigenvalue weighted by atomic mass is 9.83. The largest absolute Gasteiger partial charge is 0.480 e. The zero-order valence-corrected chi connectivity index (χ0v) is 9.03. The second-order valence-electron chi connectivity index (χ2n) is 3.81. The van der Waals surface area contributed by atoms with Gasteiger partial charge in [-0.1, -0.05) is 6.92 Å². The van der Waals surface area contributed by atoms with Gasteiger partial charge >= 0.3 is 5.97 Å². The van der Waals surface area contributed by atoms with Crippen molar-refractivity contribution < 1.29 is 15.1 Å². The number of carboxylic acids is 1. The molecule has 2 atom stereocenters. The fraction of sp³-hybridized carbons (Fsp3) is 0.889. The van der Waals surface area contributed by atoms with Crippen LogP contribution in [0.2, 0.25) is 0 Å². The third kappa shape index (κ3) is 2.67. The van der Waals surface area contributed by atoms with Crippen LogP contribution in [0.5, 0.6) is 0 Å². The maximum absolute atomic E-state index is 11.0. The third-order valence-corrected chi connectivity index (χ3v) is 2.91. The summed E-state index contributed by atoms with van der Waals surface area (Å²) in [4.78, 5) is 11.0. The monoisotopic (exact) mass is 204 g/mol. The van der Waals surface area contributed by atoms with Crippen LogP contribution in [0.25, 0.3) is 0 Å². The van der Waals surface area contributed by atoms with E-state index in [1.807, 2.05) is 0 Å². The van der Waals surface area contributed by atoms with Crippen molar-refractivity contribution in [1.82, 2.24) is 5.06 Å². The van der Waals surface area contributed by atoms with E-state index in [2.05, 4.69) is 0 Å². The SMILES string of the molecule is CC(CCCN)[C@@](C)(C(=O)O)N(C)O. The number of nitrogens with two attached hydrogens (primary N) is 1. The lowest BCUT2D eigenvalue weighted by Gasteiger charge is -2.35. The van der Waals surface area contributed by atoms with Crippen LogP contribution < -0.4 is 5.73 Å². The first-order valence-corrected chi connectivity index (χ1v) is 4.73. The molecule has 0 aliphatic carbocycles. The van der Waals surface area contributed by atoms with Crippen LogP contribution in [0.1, 0.15) is 26.7 Å². The van der Waals surface area contributed by atoms with Gasteiger partial charge in [-0.15, -0.1) is 0 Å². The number of hydrogen-bond acceptors (Lipinski definition) is 4. The molecule has 5 heteroatoms. The van der Waals surface area contributed by atoms with E-state index in [0.29, 0.717) is 13.0 Å². The number of likely N-dealkylation sites (N-methyl/N-ethyl adjacent to an activating group) is 1. The summed E-state index contributed by atoms with van der Waals surface area (Å²) in [6, 6.07) is 0. The Morgan fingerprint density at radius 2 is 2.14 bits per heavy atom. The summed E-state index contributed by atoms with van der Waals surface area (Å²) >= 11 is 0. The molecular formula is C9H20N2O3. The van der Waals surface area contributed by atoms with E-state index in [-0.39, 0.29) is 5.92 Å². The number of nitrogens with zero attached hydrogens (tertiary/aromatic N) is 1. The fourth-order valence-electron chi connectivity index (χ4n) is 1.37. The van der Waals surface area contributed by atoms with Crippen LogP contribution in [0.3, 0.4) is 0 Å². The first kappa shape index (κ1) is 13.4. The Kier molecular flexibility index (Phi) is 5.04. The lowest BCUT2D eigenvalue weighted by Crippen LogP contribution is -2.53. The minimum Gasteiger partial charge on any atom is -0.480 e. The molecule has 0 saturated carbocycles. The smallest absolute Gasteiger partial charge is 0.326 e. The maximum Gasteiger partial charge on any atom is 0.326 e. The highest BCUT2D eigenvalue weighted by atomic mass is 16.5. The summed E-state index contributed by atoms with van der Waals surface area (Å²) < 4.78 is 0. The molecule has 0 aliphatic heterocycles. The summed E-state index contributed by atoms with van der Waals surface area (Å²) in [6.07, 6.45) is 1.45. The van der Waals surface area contributed by atoms with Gasteiger partial charge in [0.1, 0.15) is 5.54 Å². The third-order valence-electron chi connectivity index (χ3n) is 2.91. The Balaban J connectivity index is 4.56. The van der Waals surface area contributed by atoms with Gasteiger partial charge in [0.05, 0.1) is 0 Å². The van der Waals surface area contributed by atoms with Crippen LogP contribution in [0.4, 0.5) is 0 Å². The fourth-order valence-corrected chi connectivity index (χ4v) is 1.37. The second-order valence-corrected chi connectivity index (χ2v) is 3.81. The van der Waals surface area contributed by atoms with Crippen molar-refractivity contribution in [3.8, 4) is 0 Å². The summed E-state index contributed by atoms with van der Waals surface area (Å²) in [5.74, 6) is -1.18. The molecule has 0 aromatic carbocycles. The average Bonchev–Trinajstić information content (AvgIpc) is 2.11. The van der Waals surface area contributed by atoms with Gasteiger partial charge in [0, 0.05) is 7.05 Å². The highest BCUT2D eigenvalue weighted by molar-refractivity contribution is 5.78. The number of hydrogen-bond donors (Lipinski definition) is 3. The van der Waals surface area contributed by atoms with E-state index in [9.17, 15) is 10.0 Å². The summed E-state index contributed by atoms with van der Waals surface area (Å²) in [6.45, 7) is 3.85. The molecule has 0 fully saturated rings. The number of aliphatic carboxylic acids is 1. The Morgan fingerprint density at radius 3 is 2.43 bits per heavy atom. The van der Waals surface area contributed by atoms with Gasteiger partial charge < -0.3 is 16.0 Å². The predicted octanol–water partition coefficient (Wildman–Crippen LogP) is 0.526. The van der Waals surface area contributed by atoms with Gasteiger partial charge in [-0.3, -0.25) is 4.79 Å². The van der Waals surface area contributed by atoms with Gasteiger partial charge in [-0.25, -0.2) is 0 Å². The first-order valence-electron chi connectivity index (χ1n) is 4.73. The summed E-state index contributed by atoms with van der Waals surface area (Å²) in [7, 11) is 1.35. The topological polar surface area (TPSA) is 86.8 Å². The molecule has 0 bridgehead atoms. The van der Waals surface area contributed by atoms with Crippen molar-refractivity contribution in [2.24, 2.45) is 11.7 Å². The molecule has 0 amide bonds. The molecular weight excluding hydrogens is 184 g/mol. The van der Waals surface area contributed by atoms with Crippen LogP contribution in [-0.2, 0) is 4.79 Å². The van der Waals surface area contributed by atoms with Crippen molar-refractivity contribution in [1.29, 1.82) is 0 Å². The van der Waals surface area contributed by atoms with Crippen LogP contribution in [-0.4, -0.2) is 40.5 Å². The van der Waals surface area contributed by atoms with Gasteiger partial charge in [-0.05, 0) is 32.2 Å². The quantitative estimate of drug-likeness (QED) is 0.549. The predicted molar refractivity (Wildman–Crippen MR) is 53.0 cm³/mol. The molecule has 0 aromatic heterocycles. The Morgan fingerprint density at radius 1 is 1.64 bits per heavy atom.